The van der Waals surface area contributed by atoms with Crippen LogP contribution in [0.25, 0.3) is 0 Å². The van der Waals surface area contributed by atoms with E-state index in [1.54, 1.807) is 7.11 Å². The van der Waals surface area contributed by atoms with Gasteiger partial charge in [-0.2, -0.15) is 4.98 Å². The lowest BCUT2D eigenvalue weighted by Crippen LogP contribution is -2.52. The largest absolute Gasteiger partial charge is 0.378 e. The molecule has 1 fully saturated rings. The molecule has 1 aromatic heterocycles. The summed E-state index contributed by atoms with van der Waals surface area (Å²) in [5.74, 6) is 0.928. The van der Waals surface area contributed by atoms with E-state index in [2.05, 4.69) is 9.97 Å². The minimum atomic E-state index is 0.241. The normalized spacial score (nSPS) is 16.9. The summed E-state index contributed by atoms with van der Waals surface area (Å²) in [7, 11) is 1.69. The minimum Gasteiger partial charge on any atom is -0.378 e. The van der Waals surface area contributed by atoms with Gasteiger partial charge in [0.05, 0.1) is 12.3 Å². The number of halogens is 1. The van der Waals surface area contributed by atoms with E-state index in [0.29, 0.717) is 10.8 Å². The molecular formula is C8H11ClN4O. The third kappa shape index (κ3) is 1.60. The second-order valence-corrected chi connectivity index (χ2v) is 3.57. The number of anilines is 2. The van der Waals surface area contributed by atoms with Crippen LogP contribution in [0.4, 0.5) is 11.8 Å². The molecule has 0 unspecified atom stereocenters. The van der Waals surface area contributed by atoms with Gasteiger partial charge in [-0.15, -0.1) is 0 Å². The Morgan fingerprint density at radius 3 is 3.00 bits per heavy atom. The average molecular weight is 215 g/mol. The molecular weight excluding hydrogens is 204 g/mol. The zero-order valence-corrected chi connectivity index (χ0v) is 8.53. The molecule has 0 spiro atoms. The lowest BCUT2D eigenvalue weighted by Gasteiger charge is -2.39. The smallest absolute Gasteiger partial charge is 0.222 e. The van der Waals surface area contributed by atoms with E-state index < -0.39 is 0 Å². The van der Waals surface area contributed by atoms with Crippen LogP contribution in [-0.4, -0.2) is 36.3 Å². The maximum Gasteiger partial charge on any atom is 0.222 e. The maximum absolute atomic E-state index is 5.93. The van der Waals surface area contributed by atoms with Crippen LogP contribution in [0.1, 0.15) is 0 Å². The van der Waals surface area contributed by atoms with Gasteiger partial charge in [-0.1, -0.05) is 11.6 Å². The Bertz CT molecular complexity index is 340. The molecule has 2 rings (SSSR count). The summed E-state index contributed by atoms with van der Waals surface area (Å²) in [4.78, 5) is 9.87. The van der Waals surface area contributed by atoms with Gasteiger partial charge in [-0.05, 0) is 0 Å². The Labute approximate surface area is 86.8 Å². The molecule has 0 aromatic carbocycles. The highest BCUT2D eigenvalue weighted by Crippen LogP contribution is 2.27. The van der Waals surface area contributed by atoms with Gasteiger partial charge in [0.25, 0.3) is 0 Å². The molecule has 2 N–H and O–H groups in total. The summed E-state index contributed by atoms with van der Waals surface area (Å²) in [6.07, 6.45) is 1.78. The fraction of sp³-hybridized carbons (Fsp3) is 0.500. The van der Waals surface area contributed by atoms with Crippen molar-refractivity contribution in [2.45, 2.75) is 6.10 Å². The van der Waals surface area contributed by atoms with Crippen molar-refractivity contribution in [3.05, 3.63) is 11.2 Å². The van der Waals surface area contributed by atoms with Gasteiger partial charge in [-0.25, -0.2) is 4.98 Å². The molecule has 1 saturated heterocycles. The van der Waals surface area contributed by atoms with Crippen molar-refractivity contribution >= 4 is 23.4 Å². The number of methoxy groups -OCH3 is 1. The number of hydrogen-bond acceptors (Lipinski definition) is 5. The van der Waals surface area contributed by atoms with Crippen LogP contribution in [0.3, 0.4) is 0 Å². The Morgan fingerprint density at radius 1 is 1.64 bits per heavy atom. The van der Waals surface area contributed by atoms with E-state index in [4.69, 9.17) is 22.1 Å². The van der Waals surface area contributed by atoms with Gasteiger partial charge in [0.15, 0.2) is 5.82 Å². The molecule has 5 nitrogen and oxygen atoms in total. The van der Waals surface area contributed by atoms with E-state index in [1.165, 1.54) is 6.20 Å². The Hall–Kier alpha value is -1.07. The fourth-order valence-corrected chi connectivity index (χ4v) is 1.56. The molecule has 76 valence electrons. The van der Waals surface area contributed by atoms with Gasteiger partial charge >= 0.3 is 0 Å². The first-order valence-electron chi connectivity index (χ1n) is 4.26. The first-order valence-corrected chi connectivity index (χ1v) is 4.64. The van der Waals surface area contributed by atoms with Crippen molar-refractivity contribution in [3.63, 3.8) is 0 Å². The van der Waals surface area contributed by atoms with Gasteiger partial charge in [0.1, 0.15) is 5.02 Å². The second-order valence-electron chi connectivity index (χ2n) is 3.16. The number of rotatable bonds is 2. The van der Waals surface area contributed by atoms with E-state index in [1.807, 2.05) is 4.90 Å². The summed E-state index contributed by atoms with van der Waals surface area (Å²) in [6.45, 7) is 1.60. The van der Waals surface area contributed by atoms with E-state index >= 15 is 0 Å². The summed E-state index contributed by atoms with van der Waals surface area (Å²) in [5.41, 5.74) is 5.47. The SMILES string of the molecule is COC1CN(c2nc(N)ncc2Cl)C1. The summed E-state index contributed by atoms with van der Waals surface area (Å²) in [5, 5.41) is 0.522. The number of nitrogens with zero attached hydrogens (tertiary/aromatic N) is 3. The van der Waals surface area contributed by atoms with Crippen LogP contribution in [0.5, 0.6) is 0 Å². The molecule has 0 amide bonds. The quantitative estimate of drug-likeness (QED) is 0.779. The Morgan fingerprint density at radius 2 is 2.36 bits per heavy atom. The van der Waals surface area contributed by atoms with E-state index in [0.717, 1.165) is 13.1 Å². The van der Waals surface area contributed by atoms with Crippen LogP contribution >= 0.6 is 11.6 Å². The number of nitrogen functional groups attached to an aromatic ring is 1. The molecule has 0 radical (unpaired) electrons. The minimum absolute atomic E-state index is 0.241. The van der Waals surface area contributed by atoms with Crippen molar-refractivity contribution in [1.29, 1.82) is 0 Å². The zero-order valence-electron chi connectivity index (χ0n) is 7.77. The van der Waals surface area contributed by atoms with Crippen molar-refractivity contribution in [2.75, 3.05) is 30.8 Å². The molecule has 2 heterocycles. The van der Waals surface area contributed by atoms with Crippen LogP contribution in [0, 0.1) is 0 Å². The molecule has 1 aromatic rings. The molecule has 14 heavy (non-hydrogen) atoms. The third-order valence-electron chi connectivity index (χ3n) is 2.23. The molecule has 0 aliphatic carbocycles. The highest BCUT2D eigenvalue weighted by molar-refractivity contribution is 6.32. The predicted octanol–water partition coefficient (Wildman–Crippen LogP) is 0.547. The van der Waals surface area contributed by atoms with E-state index in [-0.39, 0.29) is 12.1 Å². The second kappa shape index (κ2) is 3.59. The third-order valence-corrected chi connectivity index (χ3v) is 2.49. The fourth-order valence-electron chi connectivity index (χ4n) is 1.35. The Balaban J connectivity index is 2.13. The number of nitrogens with two attached hydrogens (primary N) is 1. The molecule has 0 bridgehead atoms. The van der Waals surface area contributed by atoms with Crippen LogP contribution in [-0.2, 0) is 4.74 Å². The maximum atomic E-state index is 5.93. The average Bonchev–Trinajstić information content (AvgIpc) is 2.09. The van der Waals surface area contributed by atoms with Crippen LogP contribution in [0.2, 0.25) is 5.02 Å². The Kier molecular flexibility index (Phi) is 2.43. The summed E-state index contributed by atoms with van der Waals surface area (Å²) < 4.78 is 5.15. The van der Waals surface area contributed by atoms with Crippen molar-refractivity contribution in [2.24, 2.45) is 0 Å². The summed E-state index contributed by atoms with van der Waals surface area (Å²) >= 11 is 5.93. The van der Waals surface area contributed by atoms with Crippen molar-refractivity contribution in [3.8, 4) is 0 Å². The first kappa shape index (κ1) is 9.48. The van der Waals surface area contributed by atoms with Gasteiger partial charge in [-0.3, -0.25) is 0 Å². The standard InChI is InChI=1S/C8H11ClN4O/c1-14-5-3-13(4-5)7-6(9)2-11-8(10)12-7/h2,5H,3-4H2,1H3,(H2,10,11,12). The van der Waals surface area contributed by atoms with Gasteiger partial charge in [0.2, 0.25) is 5.95 Å². The highest BCUT2D eigenvalue weighted by atomic mass is 35.5. The molecule has 0 saturated carbocycles. The first-order chi connectivity index (χ1) is 6.70. The predicted molar refractivity (Wildman–Crippen MR) is 54.5 cm³/mol. The lowest BCUT2D eigenvalue weighted by atomic mass is 10.2. The highest BCUT2D eigenvalue weighted by Gasteiger charge is 2.29. The lowest BCUT2D eigenvalue weighted by molar-refractivity contribution is 0.0783. The van der Waals surface area contributed by atoms with Gasteiger partial charge in [0, 0.05) is 20.2 Å². The van der Waals surface area contributed by atoms with Crippen LogP contribution in [0.15, 0.2) is 6.20 Å². The van der Waals surface area contributed by atoms with Crippen molar-refractivity contribution in [1.82, 2.24) is 9.97 Å². The molecule has 6 heteroatoms. The zero-order chi connectivity index (χ0) is 10.1. The molecule has 0 atom stereocenters. The topological polar surface area (TPSA) is 64.3 Å². The molecule has 1 aliphatic heterocycles. The molecule has 1 aliphatic rings. The van der Waals surface area contributed by atoms with Crippen LogP contribution < -0.4 is 10.6 Å². The number of ether oxygens (including phenoxy) is 1. The van der Waals surface area contributed by atoms with Crippen molar-refractivity contribution < 1.29 is 4.74 Å². The monoisotopic (exact) mass is 214 g/mol. The van der Waals surface area contributed by atoms with Gasteiger partial charge < -0.3 is 15.4 Å². The van der Waals surface area contributed by atoms with E-state index in [9.17, 15) is 0 Å². The number of hydrogen-bond donors (Lipinski definition) is 1. The number of aromatic nitrogens is 2. The summed E-state index contributed by atoms with van der Waals surface area (Å²) in [6, 6.07) is 0.